The zero-order chi connectivity index (χ0) is 19.7. The molecule has 154 valence electrons. The Morgan fingerprint density at radius 2 is 1.93 bits per heavy atom. The first-order valence-electron chi connectivity index (χ1n) is 9.17. The second kappa shape index (κ2) is 8.82. The number of piperazine rings is 1. The van der Waals surface area contributed by atoms with Crippen LogP contribution in [0.3, 0.4) is 0 Å². The van der Waals surface area contributed by atoms with E-state index in [4.69, 9.17) is 11.6 Å². The number of rotatable bonds is 4. The molecule has 1 aliphatic heterocycles. The molecule has 0 atom stereocenters. The van der Waals surface area contributed by atoms with Gasteiger partial charge in [0.2, 0.25) is 0 Å². The normalized spacial score (nSPS) is 14.7. The van der Waals surface area contributed by atoms with Gasteiger partial charge in [0.1, 0.15) is 11.5 Å². The van der Waals surface area contributed by atoms with Crippen molar-refractivity contribution in [3.05, 3.63) is 63.5 Å². The monoisotopic (exact) mass is 415 g/mol. The number of anilines is 3. The smallest absolute Gasteiger partial charge is 0.265 e. The van der Waals surface area contributed by atoms with Crippen molar-refractivity contribution >= 4 is 34.4 Å². The maximum absolute atomic E-state index is 12.8. The molecule has 29 heavy (non-hydrogen) atoms. The molecule has 0 radical (unpaired) electrons. The Morgan fingerprint density at radius 3 is 2.62 bits per heavy atom. The van der Waals surface area contributed by atoms with E-state index >= 15 is 0 Å². The molecule has 3 aromatic rings. The number of likely N-dealkylation sites (N-methyl/N-ethyl adjacent to an activating group) is 1. The van der Waals surface area contributed by atoms with E-state index in [-0.39, 0.29) is 18.5 Å². The number of nitrogens with one attached hydrogen (secondary N) is 1. The molecular formula is C21H26ClN5O2. The number of hydrogen-bond donors (Lipinski definition) is 2. The van der Waals surface area contributed by atoms with Crippen LogP contribution in [0.15, 0.2) is 47.4 Å². The van der Waals surface area contributed by atoms with Crippen LogP contribution in [0.25, 0.3) is 5.65 Å². The van der Waals surface area contributed by atoms with Gasteiger partial charge in [0.25, 0.3) is 5.56 Å². The summed E-state index contributed by atoms with van der Waals surface area (Å²) in [7, 11) is 2.11. The number of nitrogens with zero attached hydrogens (tertiary/aromatic N) is 4. The third kappa shape index (κ3) is 4.37. The number of pyridine rings is 1. The first-order valence-corrected chi connectivity index (χ1v) is 9.55. The zero-order valence-corrected chi connectivity index (χ0v) is 16.4. The molecule has 8 heteroatoms. The summed E-state index contributed by atoms with van der Waals surface area (Å²) < 4.78 is 1.47. The van der Waals surface area contributed by atoms with Crippen LogP contribution < -0.4 is 15.8 Å². The summed E-state index contributed by atoms with van der Waals surface area (Å²) in [5, 5.41) is 13.4. The minimum absolute atomic E-state index is 0. The van der Waals surface area contributed by atoms with Crippen LogP contribution >= 0.6 is 11.6 Å². The van der Waals surface area contributed by atoms with Gasteiger partial charge in [-0.25, -0.2) is 4.98 Å². The molecule has 0 aliphatic carbocycles. The third-order valence-electron chi connectivity index (χ3n) is 5.02. The average Bonchev–Trinajstić information content (AvgIpc) is 2.68. The highest BCUT2D eigenvalue weighted by atomic mass is 35.5. The lowest BCUT2D eigenvalue weighted by Gasteiger charge is -2.34. The van der Waals surface area contributed by atoms with Crippen molar-refractivity contribution in [2.24, 2.45) is 0 Å². The van der Waals surface area contributed by atoms with Crippen molar-refractivity contribution in [3.63, 3.8) is 0 Å². The predicted octanol–water partition coefficient (Wildman–Crippen LogP) is 2.97. The van der Waals surface area contributed by atoms with E-state index in [2.05, 4.69) is 27.1 Å². The quantitative estimate of drug-likeness (QED) is 0.682. The highest BCUT2D eigenvalue weighted by Crippen LogP contribution is 2.23. The summed E-state index contributed by atoms with van der Waals surface area (Å²) in [6.45, 7) is 3.45. The molecule has 0 saturated carbocycles. The number of fused-ring (bicyclic) bond motifs is 1. The van der Waals surface area contributed by atoms with Gasteiger partial charge in [0.15, 0.2) is 0 Å². The summed E-state index contributed by atoms with van der Waals surface area (Å²) in [5.74, 6) is 0.338. The van der Waals surface area contributed by atoms with Gasteiger partial charge in [-0.1, -0.05) is 25.1 Å². The second-order valence-corrected chi connectivity index (χ2v) is 7.38. The zero-order valence-electron chi connectivity index (χ0n) is 15.6. The molecule has 1 aromatic carbocycles. The van der Waals surface area contributed by atoms with E-state index in [0.29, 0.717) is 22.2 Å². The number of hydrogen-bond acceptors (Lipinski definition) is 6. The number of aliphatic hydroxyl groups is 1. The molecule has 2 N–H and O–H groups in total. The van der Waals surface area contributed by atoms with Crippen molar-refractivity contribution in [2.75, 3.05) is 43.4 Å². The Morgan fingerprint density at radius 1 is 1.17 bits per heavy atom. The van der Waals surface area contributed by atoms with E-state index < -0.39 is 6.61 Å². The van der Waals surface area contributed by atoms with Crippen molar-refractivity contribution in [1.29, 1.82) is 0 Å². The molecule has 0 spiro atoms. The minimum atomic E-state index is -0.405. The maximum Gasteiger partial charge on any atom is 0.265 e. The second-order valence-electron chi connectivity index (χ2n) is 6.94. The summed E-state index contributed by atoms with van der Waals surface area (Å²) in [5.41, 5.74) is 2.19. The summed E-state index contributed by atoms with van der Waals surface area (Å²) in [6, 6.07) is 11.0. The van der Waals surface area contributed by atoms with Gasteiger partial charge < -0.3 is 20.2 Å². The van der Waals surface area contributed by atoms with E-state index in [1.54, 1.807) is 18.3 Å². The first-order chi connectivity index (χ1) is 13.5. The van der Waals surface area contributed by atoms with Crippen molar-refractivity contribution < 1.29 is 5.11 Å². The van der Waals surface area contributed by atoms with Gasteiger partial charge in [-0.15, -0.1) is 0 Å². The average molecular weight is 416 g/mol. The Bertz CT molecular complexity index is 1060. The van der Waals surface area contributed by atoms with E-state index in [1.165, 1.54) is 4.40 Å². The number of halogens is 1. The molecule has 7 nitrogen and oxygen atoms in total. The molecule has 0 unspecified atom stereocenters. The minimum Gasteiger partial charge on any atom is -0.391 e. The van der Waals surface area contributed by atoms with E-state index in [0.717, 1.165) is 31.9 Å². The Kier molecular flexibility index (Phi) is 6.42. The summed E-state index contributed by atoms with van der Waals surface area (Å²) in [6.07, 6.45) is 1.72. The fourth-order valence-corrected chi connectivity index (χ4v) is 3.56. The molecule has 1 saturated heterocycles. The van der Waals surface area contributed by atoms with Gasteiger partial charge in [-0.2, -0.15) is 0 Å². The summed E-state index contributed by atoms with van der Waals surface area (Å²) >= 11 is 6.04. The molecule has 0 bridgehead atoms. The molecule has 4 rings (SSSR count). The fourth-order valence-electron chi connectivity index (χ4n) is 3.37. The molecule has 2 aromatic heterocycles. The van der Waals surface area contributed by atoms with Crippen molar-refractivity contribution in [2.45, 2.75) is 14.0 Å². The lowest BCUT2D eigenvalue weighted by atomic mass is 10.2. The maximum atomic E-state index is 12.8. The van der Waals surface area contributed by atoms with Gasteiger partial charge in [-0.05, 0) is 31.3 Å². The van der Waals surface area contributed by atoms with Gasteiger partial charge in [-0.3, -0.25) is 9.20 Å². The van der Waals surface area contributed by atoms with Gasteiger partial charge >= 0.3 is 0 Å². The van der Waals surface area contributed by atoms with Crippen LogP contribution in [0.5, 0.6) is 0 Å². The topological polar surface area (TPSA) is 73.1 Å². The van der Waals surface area contributed by atoms with Crippen LogP contribution in [-0.4, -0.2) is 52.6 Å². The Hall–Kier alpha value is -2.61. The van der Waals surface area contributed by atoms with Crippen LogP contribution in [0.1, 0.15) is 13.0 Å². The molecular weight excluding hydrogens is 390 g/mol. The number of aliphatic hydroxyl groups excluding tert-OH is 1. The Balaban J connectivity index is 0.00000240. The largest absolute Gasteiger partial charge is 0.391 e. The molecule has 1 fully saturated rings. The lowest BCUT2D eigenvalue weighted by molar-refractivity contribution is 0.280. The van der Waals surface area contributed by atoms with E-state index in [9.17, 15) is 9.90 Å². The fraction of sp³-hybridized carbons (Fsp3) is 0.333. The summed E-state index contributed by atoms with van der Waals surface area (Å²) in [4.78, 5) is 22.0. The van der Waals surface area contributed by atoms with Crippen LogP contribution in [-0.2, 0) is 6.61 Å². The SMILES string of the molecule is C.CN1CCN(c2ccn3c(=O)c(CO)c(Nc4cccc(Cl)c4)nc3c2)CC1. The van der Waals surface area contributed by atoms with Crippen LogP contribution in [0, 0.1) is 0 Å². The van der Waals surface area contributed by atoms with E-state index in [1.807, 2.05) is 24.3 Å². The first kappa shape index (κ1) is 21.1. The molecule has 3 heterocycles. The number of aromatic nitrogens is 2. The molecule has 0 amide bonds. The number of benzene rings is 1. The van der Waals surface area contributed by atoms with Gasteiger partial charge in [0.05, 0.1) is 12.2 Å². The molecule has 1 aliphatic rings. The van der Waals surface area contributed by atoms with Crippen LogP contribution in [0.4, 0.5) is 17.2 Å². The highest BCUT2D eigenvalue weighted by molar-refractivity contribution is 6.30. The van der Waals surface area contributed by atoms with Crippen molar-refractivity contribution in [1.82, 2.24) is 14.3 Å². The van der Waals surface area contributed by atoms with Crippen molar-refractivity contribution in [3.8, 4) is 0 Å². The van der Waals surface area contributed by atoms with Crippen LogP contribution in [0.2, 0.25) is 5.02 Å². The van der Waals surface area contributed by atoms with Gasteiger partial charge in [0, 0.05) is 54.8 Å². The lowest BCUT2D eigenvalue weighted by Crippen LogP contribution is -2.44. The predicted molar refractivity (Wildman–Crippen MR) is 119 cm³/mol. The third-order valence-corrected chi connectivity index (χ3v) is 5.26. The standard InChI is InChI=1S/C20H22ClN5O2.CH4/c1-24-7-9-25(10-8-24)16-5-6-26-18(12-16)23-19(17(13-27)20(26)28)22-15-4-2-3-14(21)11-15;/h2-6,11-12,22,27H,7-10,13H2,1H3;1H4. The highest BCUT2D eigenvalue weighted by Gasteiger charge is 2.17. The Labute approximate surface area is 175 Å².